The summed E-state index contributed by atoms with van der Waals surface area (Å²) in [5.41, 5.74) is 1.55. The maximum absolute atomic E-state index is 13.5. The van der Waals surface area contributed by atoms with Gasteiger partial charge in [0.25, 0.3) is 0 Å². The monoisotopic (exact) mass is 629 g/mol. The summed E-state index contributed by atoms with van der Waals surface area (Å²) >= 11 is 0. The summed E-state index contributed by atoms with van der Waals surface area (Å²) in [7, 11) is -5.00. The summed E-state index contributed by atoms with van der Waals surface area (Å²) in [6.45, 7) is 0.890. The lowest BCUT2D eigenvalue weighted by atomic mass is 10.0. The largest absolute Gasteiger partial charge is 0.497 e. The first kappa shape index (κ1) is 31.8. The van der Waals surface area contributed by atoms with Crippen LogP contribution in [0.3, 0.4) is 0 Å². The van der Waals surface area contributed by atoms with Crippen molar-refractivity contribution in [2.24, 2.45) is 0 Å². The molecule has 1 heterocycles. The third kappa shape index (κ3) is 8.46. The van der Waals surface area contributed by atoms with Gasteiger partial charge in [0.05, 0.1) is 17.7 Å². The third-order valence-corrected chi connectivity index (χ3v) is 9.87. The van der Waals surface area contributed by atoms with Crippen LogP contribution in [0.4, 0.5) is 16.2 Å². The van der Waals surface area contributed by atoms with E-state index in [0.717, 1.165) is 18.4 Å². The number of carbonyl (C=O) groups is 2. The van der Waals surface area contributed by atoms with Crippen LogP contribution in [0, 0.1) is 0 Å². The number of nitrogens with zero attached hydrogens (tertiary/aromatic N) is 2. The van der Waals surface area contributed by atoms with Crippen LogP contribution in [0.2, 0.25) is 0 Å². The molecule has 3 amide bonds. The topological polar surface area (TPSA) is 154 Å². The fourth-order valence-electron chi connectivity index (χ4n) is 4.64. The Balaban J connectivity index is 1.42. The average Bonchev–Trinajstić information content (AvgIpc) is 3.55. The maximum atomic E-state index is 13.5. The summed E-state index contributed by atoms with van der Waals surface area (Å²) in [5, 5.41) is 2.49. The molecule has 0 radical (unpaired) electrons. The van der Waals surface area contributed by atoms with Crippen molar-refractivity contribution in [3.63, 3.8) is 0 Å². The van der Waals surface area contributed by atoms with Gasteiger partial charge >= 0.3 is 16.2 Å². The SMILES string of the molecule is COc1ccc(N(C)C(=O)[C@H](CCc2ccccc2)NC(=O)NS(=O)(=O)Nc2ccc(S(=O)(=O)N3CCCC3)cc2)cc1. The number of aryl methyl sites for hydroxylation is 1. The van der Waals surface area contributed by atoms with Crippen molar-refractivity contribution in [3.05, 3.63) is 84.4 Å². The molecule has 1 atom stereocenters. The minimum atomic E-state index is -4.43. The summed E-state index contributed by atoms with van der Waals surface area (Å²) in [6, 6.07) is 19.2. The van der Waals surface area contributed by atoms with Gasteiger partial charge in [0, 0.05) is 25.8 Å². The van der Waals surface area contributed by atoms with Gasteiger partial charge in [-0.2, -0.15) is 12.7 Å². The van der Waals surface area contributed by atoms with Crippen molar-refractivity contribution >= 4 is 43.5 Å². The van der Waals surface area contributed by atoms with Crippen molar-refractivity contribution in [1.82, 2.24) is 14.3 Å². The second-order valence-electron chi connectivity index (χ2n) is 9.99. The minimum absolute atomic E-state index is 0.0452. The Morgan fingerprint density at radius 1 is 0.907 bits per heavy atom. The van der Waals surface area contributed by atoms with Crippen molar-refractivity contribution in [2.75, 3.05) is 36.9 Å². The first-order valence-corrected chi connectivity index (χ1v) is 16.6. The van der Waals surface area contributed by atoms with Crippen LogP contribution in [0.1, 0.15) is 24.8 Å². The number of hydrogen-bond acceptors (Lipinski definition) is 7. The number of rotatable bonds is 12. The van der Waals surface area contributed by atoms with Crippen LogP contribution in [0.25, 0.3) is 0 Å². The van der Waals surface area contributed by atoms with Gasteiger partial charge in [0.1, 0.15) is 11.8 Å². The van der Waals surface area contributed by atoms with Crippen molar-refractivity contribution in [1.29, 1.82) is 0 Å². The molecule has 1 fully saturated rings. The summed E-state index contributed by atoms with van der Waals surface area (Å²) in [6.07, 6.45) is 2.24. The Kier molecular flexibility index (Phi) is 10.3. The molecular weight excluding hydrogens is 594 g/mol. The Labute approximate surface area is 252 Å². The second-order valence-corrected chi connectivity index (χ2v) is 13.3. The van der Waals surface area contributed by atoms with E-state index < -0.39 is 38.2 Å². The predicted octanol–water partition coefficient (Wildman–Crippen LogP) is 3.10. The fourth-order valence-corrected chi connectivity index (χ4v) is 6.96. The van der Waals surface area contributed by atoms with Gasteiger partial charge < -0.3 is 15.0 Å². The number of carbonyl (C=O) groups excluding carboxylic acids is 2. The number of nitrogens with one attached hydrogen (secondary N) is 3. The van der Waals surface area contributed by atoms with Crippen LogP contribution in [-0.4, -0.2) is 66.4 Å². The quantitative estimate of drug-likeness (QED) is 0.278. The Bertz CT molecular complexity index is 1610. The van der Waals surface area contributed by atoms with Gasteiger partial charge in [-0.15, -0.1) is 0 Å². The molecule has 3 N–H and O–H groups in total. The third-order valence-electron chi connectivity index (χ3n) is 6.99. The van der Waals surface area contributed by atoms with Gasteiger partial charge in [0.15, 0.2) is 0 Å². The number of anilines is 2. The van der Waals surface area contributed by atoms with Gasteiger partial charge in [-0.1, -0.05) is 30.3 Å². The van der Waals surface area contributed by atoms with E-state index in [9.17, 15) is 26.4 Å². The van der Waals surface area contributed by atoms with E-state index in [-0.39, 0.29) is 17.0 Å². The van der Waals surface area contributed by atoms with Gasteiger partial charge in [-0.25, -0.2) is 17.9 Å². The molecule has 3 aromatic carbocycles. The van der Waals surface area contributed by atoms with Crippen LogP contribution >= 0.6 is 0 Å². The van der Waals surface area contributed by atoms with Crippen molar-refractivity contribution in [2.45, 2.75) is 36.6 Å². The molecule has 0 aromatic heterocycles. The molecule has 0 aliphatic carbocycles. The zero-order valence-electron chi connectivity index (χ0n) is 23.9. The van der Waals surface area contributed by atoms with E-state index in [4.69, 9.17) is 4.74 Å². The number of benzene rings is 3. The Morgan fingerprint density at radius 2 is 1.53 bits per heavy atom. The lowest BCUT2D eigenvalue weighted by Crippen LogP contribution is -2.52. The second kappa shape index (κ2) is 13.9. The van der Waals surface area contributed by atoms with Crippen LogP contribution < -0.4 is 24.4 Å². The molecular formula is C29H35N5O7S2. The fraction of sp³-hybridized carbons (Fsp3) is 0.310. The van der Waals surface area contributed by atoms with E-state index in [1.165, 1.54) is 40.6 Å². The lowest BCUT2D eigenvalue weighted by Gasteiger charge is -2.25. The van der Waals surface area contributed by atoms with E-state index in [1.807, 2.05) is 35.1 Å². The van der Waals surface area contributed by atoms with Gasteiger partial charge in [-0.3, -0.25) is 9.52 Å². The number of ether oxygens (including phenoxy) is 1. The smallest absolute Gasteiger partial charge is 0.330 e. The zero-order valence-corrected chi connectivity index (χ0v) is 25.5. The van der Waals surface area contributed by atoms with E-state index in [0.29, 0.717) is 30.9 Å². The molecule has 1 aliphatic heterocycles. The molecule has 12 nitrogen and oxygen atoms in total. The summed E-state index contributed by atoms with van der Waals surface area (Å²) in [5.74, 6) is 0.166. The van der Waals surface area contributed by atoms with Crippen LogP contribution in [0.5, 0.6) is 5.75 Å². The number of urea groups is 1. The van der Waals surface area contributed by atoms with Crippen LogP contribution in [-0.2, 0) is 31.4 Å². The molecule has 1 saturated heterocycles. The first-order valence-electron chi connectivity index (χ1n) is 13.7. The molecule has 14 heteroatoms. The number of hydrogen-bond donors (Lipinski definition) is 3. The minimum Gasteiger partial charge on any atom is -0.497 e. The molecule has 3 aromatic rings. The Morgan fingerprint density at radius 3 is 2.14 bits per heavy atom. The number of amides is 3. The molecule has 0 unspecified atom stereocenters. The zero-order chi connectivity index (χ0) is 31.0. The molecule has 0 saturated carbocycles. The average molecular weight is 630 g/mol. The highest BCUT2D eigenvalue weighted by Crippen LogP contribution is 2.23. The highest BCUT2D eigenvalue weighted by Gasteiger charge is 2.28. The van der Waals surface area contributed by atoms with E-state index in [1.54, 1.807) is 31.3 Å². The number of sulfonamides is 1. The molecule has 43 heavy (non-hydrogen) atoms. The van der Waals surface area contributed by atoms with E-state index in [2.05, 4.69) is 10.0 Å². The van der Waals surface area contributed by atoms with Gasteiger partial charge in [-0.05, 0) is 79.8 Å². The van der Waals surface area contributed by atoms with Crippen molar-refractivity contribution < 1.29 is 31.2 Å². The molecule has 0 spiro atoms. The molecule has 4 rings (SSSR count). The van der Waals surface area contributed by atoms with Gasteiger partial charge in [0.2, 0.25) is 15.9 Å². The molecule has 230 valence electrons. The summed E-state index contributed by atoms with van der Waals surface area (Å²) < 4.78 is 61.6. The predicted molar refractivity (Wildman–Crippen MR) is 164 cm³/mol. The van der Waals surface area contributed by atoms with E-state index >= 15 is 0 Å². The maximum Gasteiger partial charge on any atom is 0.330 e. The first-order chi connectivity index (χ1) is 20.5. The highest BCUT2D eigenvalue weighted by molar-refractivity contribution is 7.91. The number of methoxy groups -OCH3 is 1. The molecule has 1 aliphatic rings. The summed E-state index contributed by atoms with van der Waals surface area (Å²) in [4.78, 5) is 27.7. The Hall–Kier alpha value is -4.14. The number of likely N-dealkylation sites (N-methyl/N-ethyl adjacent to an activating group) is 1. The standard InChI is InChI=1S/C29H35N5O7S2/c1-33(24-13-15-25(41-2)16-14-24)28(35)27(19-10-22-8-4-3-5-9-22)30-29(36)32-43(39,40)31-23-11-17-26(18-12-23)42(37,38)34-20-6-7-21-34/h3-5,8-9,11-18,27,31H,6-7,10,19-21H2,1-2H3,(H2,30,32,36)/t27-/m0/s1. The highest BCUT2D eigenvalue weighted by atomic mass is 32.2. The van der Waals surface area contributed by atoms with Crippen molar-refractivity contribution in [3.8, 4) is 5.75 Å². The molecule has 0 bridgehead atoms. The lowest BCUT2D eigenvalue weighted by molar-refractivity contribution is -0.120. The normalized spacial score (nSPS) is 14.5. The van der Waals surface area contributed by atoms with Crippen LogP contribution in [0.15, 0.2) is 83.8 Å².